The van der Waals surface area contributed by atoms with Gasteiger partial charge in [-0.15, -0.1) is 0 Å². The maximum Gasteiger partial charge on any atom is 0.165 e. The quantitative estimate of drug-likeness (QED) is 0.691. The molecule has 0 fully saturated rings. The van der Waals surface area contributed by atoms with E-state index in [0.717, 1.165) is 29.7 Å². The van der Waals surface area contributed by atoms with Crippen molar-refractivity contribution in [3.8, 4) is 0 Å². The fourth-order valence-corrected chi connectivity index (χ4v) is 2.24. The predicted molar refractivity (Wildman–Crippen MR) is 77.1 cm³/mol. The lowest BCUT2D eigenvalue weighted by Crippen LogP contribution is -2.29. The van der Waals surface area contributed by atoms with E-state index < -0.39 is 0 Å². The van der Waals surface area contributed by atoms with Crippen LogP contribution >= 0.6 is 15.9 Å². The summed E-state index contributed by atoms with van der Waals surface area (Å²) in [4.78, 5) is 14.3. The van der Waals surface area contributed by atoms with E-state index in [-0.39, 0.29) is 5.78 Å². The molecule has 0 unspecified atom stereocenters. The number of nitrogens with zero attached hydrogens (tertiary/aromatic N) is 1. The molecule has 1 aromatic carbocycles. The van der Waals surface area contributed by atoms with E-state index in [2.05, 4.69) is 27.8 Å². The Labute approximate surface area is 117 Å². The van der Waals surface area contributed by atoms with Gasteiger partial charge in [0.1, 0.15) is 0 Å². The summed E-state index contributed by atoms with van der Waals surface area (Å²) in [5.74, 6) is 0.179. The maximum atomic E-state index is 12.1. The first-order chi connectivity index (χ1) is 8.69. The molecule has 0 aromatic heterocycles. The zero-order valence-electron chi connectivity index (χ0n) is 11.0. The van der Waals surface area contributed by atoms with Gasteiger partial charge in [0.25, 0.3) is 0 Å². The molecule has 0 N–H and O–H groups in total. The third-order valence-electron chi connectivity index (χ3n) is 2.89. The first kappa shape index (κ1) is 15.3. The third-order valence-corrected chi connectivity index (χ3v) is 3.58. The summed E-state index contributed by atoms with van der Waals surface area (Å²) in [6, 6.07) is 7.56. The maximum absolute atomic E-state index is 12.1. The van der Waals surface area contributed by atoms with E-state index in [1.54, 1.807) is 7.11 Å². The van der Waals surface area contributed by atoms with Crippen LogP contribution in [0.15, 0.2) is 28.7 Å². The van der Waals surface area contributed by atoms with Gasteiger partial charge >= 0.3 is 0 Å². The van der Waals surface area contributed by atoms with Gasteiger partial charge in [-0.2, -0.15) is 0 Å². The topological polar surface area (TPSA) is 29.5 Å². The average molecular weight is 314 g/mol. The number of carbonyl (C=O) groups excluding carboxylic acids is 1. The van der Waals surface area contributed by atoms with Gasteiger partial charge in [0.05, 0.1) is 6.61 Å². The Balaban J connectivity index is 2.47. The van der Waals surface area contributed by atoms with Crippen molar-refractivity contribution in [2.75, 3.05) is 33.4 Å². The lowest BCUT2D eigenvalue weighted by atomic mass is 10.1. The molecule has 0 amide bonds. The number of carbonyl (C=O) groups is 1. The van der Waals surface area contributed by atoms with Gasteiger partial charge in [0.2, 0.25) is 0 Å². The number of halogens is 1. The van der Waals surface area contributed by atoms with E-state index >= 15 is 0 Å². The van der Waals surface area contributed by atoms with Crippen molar-refractivity contribution in [3.63, 3.8) is 0 Å². The number of rotatable bonds is 8. The van der Waals surface area contributed by atoms with Crippen molar-refractivity contribution in [1.29, 1.82) is 0 Å². The Morgan fingerprint density at radius 2 is 2.06 bits per heavy atom. The summed E-state index contributed by atoms with van der Waals surface area (Å²) in [6.07, 6.45) is 0.542. The van der Waals surface area contributed by atoms with Crippen LogP contribution in [0, 0.1) is 0 Å². The molecule has 100 valence electrons. The molecule has 0 saturated carbocycles. The molecule has 0 aliphatic heterocycles. The highest BCUT2D eigenvalue weighted by molar-refractivity contribution is 9.10. The largest absolute Gasteiger partial charge is 0.383 e. The van der Waals surface area contributed by atoms with Crippen LogP contribution in [-0.4, -0.2) is 44.0 Å². The molecule has 0 aliphatic rings. The average Bonchev–Trinajstić information content (AvgIpc) is 2.39. The van der Waals surface area contributed by atoms with Crippen LogP contribution in [0.1, 0.15) is 23.7 Å². The number of hydrogen-bond acceptors (Lipinski definition) is 3. The van der Waals surface area contributed by atoms with Crippen molar-refractivity contribution < 1.29 is 9.53 Å². The lowest BCUT2D eigenvalue weighted by molar-refractivity contribution is 0.0951. The van der Waals surface area contributed by atoms with Gasteiger partial charge in [0.15, 0.2) is 5.78 Å². The Hall–Kier alpha value is -0.710. The minimum Gasteiger partial charge on any atom is -0.383 e. The number of hydrogen-bond donors (Lipinski definition) is 0. The molecule has 0 bridgehead atoms. The first-order valence-electron chi connectivity index (χ1n) is 6.18. The zero-order chi connectivity index (χ0) is 13.4. The van der Waals surface area contributed by atoms with Crippen LogP contribution < -0.4 is 0 Å². The molecule has 4 heteroatoms. The van der Waals surface area contributed by atoms with Crippen molar-refractivity contribution in [2.45, 2.75) is 13.3 Å². The number of methoxy groups -OCH3 is 1. The van der Waals surface area contributed by atoms with Crippen molar-refractivity contribution in [1.82, 2.24) is 4.90 Å². The molecular weight excluding hydrogens is 294 g/mol. The van der Waals surface area contributed by atoms with Gasteiger partial charge in [-0.3, -0.25) is 4.79 Å². The molecule has 1 rings (SSSR count). The number of ketones is 1. The van der Waals surface area contributed by atoms with Gasteiger partial charge < -0.3 is 9.64 Å². The normalized spacial score (nSPS) is 10.9. The number of ether oxygens (including phenoxy) is 1. The Morgan fingerprint density at radius 3 is 2.67 bits per heavy atom. The number of Topliss-reactive ketones (excluding diaryl/α,β-unsaturated/α-hetero) is 1. The van der Waals surface area contributed by atoms with E-state index in [4.69, 9.17) is 4.74 Å². The van der Waals surface area contributed by atoms with Crippen molar-refractivity contribution in [2.24, 2.45) is 0 Å². The van der Waals surface area contributed by atoms with Crippen molar-refractivity contribution in [3.05, 3.63) is 34.3 Å². The third kappa shape index (κ3) is 4.88. The lowest BCUT2D eigenvalue weighted by Gasteiger charge is -2.19. The molecule has 1 aromatic rings. The molecule has 0 spiro atoms. The van der Waals surface area contributed by atoms with Crippen LogP contribution in [0.3, 0.4) is 0 Å². The van der Waals surface area contributed by atoms with E-state index in [1.807, 2.05) is 24.3 Å². The Morgan fingerprint density at radius 1 is 1.33 bits per heavy atom. The SMILES string of the molecule is CCN(CCOC)CCC(=O)c1ccccc1Br. The van der Waals surface area contributed by atoms with Crippen LogP contribution in [-0.2, 0) is 4.74 Å². The minimum atomic E-state index is 0.179. The summed E-state index contributed by atoms with van der Waals surface area (Å²) in [6.45, 7) is 5.39. The van der Waals surface area contributed by atoms with Crippen molar-refractivity contribution >= 4 is 21.7 Å². The summed E-state index contributed by atoms with van der Waals surface area (Å²) in [7, 11) is 1.69. The zero-order valence-corrected chi connectivity index (χ0v) is 12.6. The molecular formula is C14H20BrNO2. The second kappa shape index (κ2) is 8.40. The van der Waals surface area contributed by atoms with E-state index in [0.29, 0.717) is 13.0 Å². The number of likely N-dealkylation sites (N-methyl/N-ethyl adjacent to an activating group) is 1. The van der Waals surface area contributed by atoms with Crippen LogP contribution in [0.5, 0.6) is 0 Å². The van der Waals surface area contributed by atoms with Gasteiger partial charge in [-0.1, -0.05) is 41.1 Å². The highest BCUT2D eigenvalue weighted by Crippen LogP contribution is 2.17. The summed E-state index contributed by atoms with van der Waals surface area (Å²) >= 11 is 3.41. The molecule has 0 saturated heterocycles. The molecule has 0 heterocycles. The van der Waals surface area contributed by atoms with E-state index in [1.165, 1.54) is 0 Å². The predicted octanol–water partition coefficient (Wildman–Crippen LogP) is 2.99. The standard InChI is InChI=1S/C14H20BrNO2/c1-3-16(10-11-18-2)9-8-14(17)12-6-4-5-7-13(12)15/h4-7H,3,8-11H2,1-2H3. The highest BCUT2D eigenvalue weighted by Gasteiger charge is 2.11. The second-order valence-corrected chi connectivity index (χ2v) is 4.93. The molecule has 3 nitrogen and oxygen atoms in total. The fourth-order valence-electron chi connectivity index (χ4n) is 1.73. The Kier molecular flexibility index (Phi) is 7.16. The molecule has 0 atom stereocenters. The molecule has 0 aliphatic carbocycles. The van der Waals surface area contributed by atoms with E-state index in [9.17, 15) is 4.79 Å². The van der Waals surface area contributed by atoms with Gasteiger partial charge in [0, 0.05) is 36.7 Å². The summed E-state index contributed by atoms with van der Waals surface area (Å²) in [5, 5.41) is 0. The Bertz CT molecular complexity index is 382. The summed E-state index contributed by atoms with van der Waals surface area (Å²) < 4.78 is 5.92. The van der Waals surface area contributed by atoms with Gasteiger partial charge in [-0.25, -0.2) is 0 Å². The number of benzene rings is 1. The van der Waals surface area contributed by atoms with Gasteiger partial charge in [-0.05, 0) is 12.6 Å². The van der Waals surface area contributed by atoms with Crippen LogP contribution in [0.4, 0.5) is 0 Å². The highest BCUT2D eigenvalue weighted by atomic mass is 79.9. The molecule has 18 heavy (non-hydrogen) atoms. The second-order valence-electron chi connectivity index (χ2n) is 4.08. The van der Waals surface area contributed by atoms with Crippen LogP contribution in [0.2, 0.25) is 0 Å². The smallest absolute Gasteiger partial charge is 0.165 e. The first-order valence-corrected chi connectivity index (χ1v) is 6.97. The fraction of sp³-hybridized carbons (Fsp3) is 0.500. The van der Waals surface area contributed by atoms with Crippen LogP contribution in [0.25, 0.3) is 0 Å². The monoisotopic (exact) mass is 313 g/mol. The molecule has 0 radical (unpaired) electrons. The summed E-state index contributed by atoms with van der Waals surface area (Å²) in [5.41, 5.74) is 0.764. The minimum absolute atomic E-state index is 0.179.